The summed E-state index contributed by atoms with van der Waals surface area (Å²) in [5, 5.41) is 33.4. The van der Waals surface area contributed by atoms with Crippen LogP contribution in [0.4, 0.5) is 0 Å². The molecule has 4 atom stereocenters. The standard InChI is InChI=1S/C6H13NO3.C5H11N/c1-3-5(9)6(10)4(8)2-7-3;1-2-4-6-5-3-1/h3-10H,2H2,1H3;6H,1-5H2/t3-,4-,5-,6-;/m1./s1. The van der Waals surface area contributed by atoms with E-state index in [2.05, 4.69) is 10.6 Å². The Hall–Kier alpha value is -0.200. The molecule has 5 nitrogen and oxygen atoms in total. The Morgan fingerprint density at radius 2 is 1.56 bits per heavy atom. The zero-order chi connectivity index (χ0) is 12.0. The molecule has 2 aliphatic heterocycles. The highest BCUT2D eigenvalue weighted by molar-refractivity contribution is 4.89. The van der Waals surface area contributed by atoms with E-state index in [1.54, 1.807) is 6.92 Å². The van der Waals surface area contributed by atoms with Crippen LogP contribution in [0.15, 0.2) is 0 Å². The third kappa shape index (κ3) is 4.35. The first-order chi connectivity index (χ1) is 7.63. The van der Waals surface area contributed by atoms with Gasteiger partial charge >= 0.3 is 0 Å². The molecule has 0 radical (unpaired) electrons. The molecule has 0 bridgehead atoms. The van der Waals surface area contributed by atoms with Gasteiger partial charge in [0.1, 0.15) is 6.10 Å². The molecular formula is C11H24N2O3. The predicted molar refractivity (Wildman–Crippen MR) is 62.2 cm³/mol. The van der Waals surface area contributed by atoms with E-state index in [0.717, 1.165) is 0 Å². The number of hydrogen-bond acceptors (Lipinski definition) is 5. The summed E-state index contributed by atoms with van der Waals surface area (Å²) in [7, 11) is 0. The Morgan fingerprint density at radius 3 is 1.94 bits per heavy atom. The molecule has 0 aromatic rings. The minimum Gasteiger partial charge on any atom is -0.389 e. The van der Waals surface area contributed by atoms with Gasteiger partial charge < -0.3 is 26.0 Å². The van der Waals surface area contributed by atoms with Crippen LogP contribution >= 0.6 is 0 Å². The van der Waals surface area contributed by atoms with Gasteiger partial charge in [-0.05, 0) is 32.9 Å². The van der Waals surface area contributed by atoms with Crippen molar-refractivity contribution in [3.05, 3.63) is 0 Å². The Bertz CT molecular complexity index is 163. The predicted octanol–water partition coefficient (Wildman–Crippen LogP) is -1.18. The summed E-state index contributed by atoms with van der Waals surface area (Å²) in [6.45, 7) is 4.61. The van der Waals surface area contributed by atoms with Gasteiger partial charge in [0.2, 0.25) is 0 Å². The summed E-state index contributed by atoms with van der Waals surface area (Å²) in [6.07, 6.45) is 1.51. The maximum atomic E-state index is 9.14. The fourth-order valence-electron chi connectivity index (χ4n) is 1.87. The Kier molecular flexibility index (Phi) is 6.23. The third-order valence-corrected chi connectivity index (χ3v) is 3.11. The van der Waals surface area contributed by atoms with Crippen molar-refractivity contribution in [1.29, 1.82) is 0 Å². The highest BCUT2D eigenvalue weighted by atomic mass is 16.4. The SMILES string of the molecule is C1CCNCC1.C[C@H]1NC[C@@H](O)[C@@H](O)[C@@H]1O. The fraction of sp³-hybridized carbons (Fsp3) is 1.00. The first-order valence-electron chi connectivity index (χ1n) is 6.11. The van der Waals surface area contributed by atoms with Crippen LogP contribution in [0.2, 0.25) is 0 Å². The van der Waals surface area contributed by atoms with Crippen molar-refractivity contribution in [2.75, 3.05) is 19.6 Å². The van der Waals surface area contributed by atoms with Crippen molar-refractivity contribution in [1.82, 2.24) is 10.6 Å². The van der Waals surface area contributed by atoms with Gasteiger partial charge in [0.25, 0.3) is 0 Å². The molecule has 0 aliphatic carbocycles. The summed E-state index contributed by atoms with van der Waals surface area (Å²) >= 11 is 0. The topological polar surface area (TPSA) is 84.8 Å². The second-order valence-corrected chi connectivity index (χ2v) is 4.56. The lowest BCUT2D eigenvalue weighted by Gasteiger charge is -2.33. The molecule has 0 spiro atoms. The molecule has 2 saturated heterocycles. The molecule has 2 rings (SSSR count). The number of rotatable bonds is 0. The molecular weight excluding hydrogens is 208 g/mol. The van der Waals surface area contributed by atoms with Crippen LogP contribution in [0.1, 0.15) is 26.2 Å². The van der Waals surface area contributed by atoms with E-state index in [0.29, 0.717) is 6.54 Å². The van der Waals surface area contributed by atoms with Crippen molar-refractivity contribution >= 4 is 0 Å². The molecule has 2 fully saturated rings. The van der Waals surface area contributed by atoms with E-state index in [-0.39, 0.29) is 6.04 Å². The van der Waals surface area contributed by atoms with Crippen molar-refractivity contribution in [3.8, 4) is 0 Å². The maximum absolute atomic E-state index is 9.14. The van der Waals surface area contributed by atoms with Crippen LogP contribution in [0.5, 0.6) is 0 Å². The van der Waals surface area contributed by atoms with Gasteiger partial charge in [-0.15, -0.1) is 0 Å². The van der Waals surface area contributed by atoms with E-state index in [1.807, 2.05) is 0 Å². The number of aliphatic hydroxyl groups is 3. The normalized spacial score (nSPS) is 39.8. The Morgan fingerprint density at radius 1 is 0.938 bits per heavy atom. The highest BCUT2D eigenvalue weighted by Gasteiger charge is 2.33. The van der Waals surface area contributed by atoms with Gasteiger partial charge in [-0.2, -0.15) is 0 Å². The molecule has 0 amide bonds. The van der Waals surface area contributed by atoms with Crippen LogP contribution in [0, 0.1) is 0 Å². The van der Waals surface area contributed by atoms with Gasteiger partial charge in [0.05, 0.1) is 12.2 Å². The van der Waals surface area contributed by atoms with E-state index in [9.17, 15) is 0 Å². The van der Waals surface area contributed by atoms with Crippen LogP contribution in [0.25, 0.3) is 0 Å². The fourth-order valence-corrected chi connectivity index (χ4v) is 1.87. The second kappa shape index (κ2) is 7.19. The highest BCUT2D eigenvalue weighted by Crippen LogP contribution is 2.09. The van der Waals surface area contributed by atoms with Gasteiger partial charge in [0, 0.05) is 12.6 Å². The van der Waals surface area contributed by atoms with E-state index in [4.69, 9.17) is 15.3 Å². The van der Waals surface area contributed by atoms with Gasteiger partial charge in [-0.25, -0.2) is 0 Å². The number of nitrogens with one attached hydrogen (secondary N) is 2. The summed E-state index contributed by atoms with van der Waals surface area (Å²) in [5.74, 6) is 0. The van der Waals surface area contributed by atoms with Crippen molar-refractivity contribution in [2.24, 2.45) is 0 Å². The molecule has 0 aromatic carbocycles. The molecule has 5 N–H and O–H groups in total. The second-order valence-electron chi connectivity index (χ2n) is 4.56. The minimum atomic E-state index is -1.00. The Balaban J connectivity index is 0.000000181. The first kappa shape index (κ1) is 13.9. The average Bonchev–Trinajstić information content (AvgIpc) is 2.35. The zero-order valence-electron chi connectivity index (χ0n) is 9.89. The largest absolute Gasteiger partial charge is 0.389 e. The smallest absolute Gasteiger partial charge is 0.108 e. The summed E-state index contributed by atoms with van der Waals surface area (Å²) in [5.41, 5.74) is 0. The number of β-amino-alcohol motifs (C(OH)–C–C–N with tert-alkyl or cyclic N) is 1. The molecule has 0 unspecified atom stereocenters. The monoisotopic (exact) mass is 232 g/mol. The molecule has 5 heteroatoms. The van der Waals surface area contributed by atoms with E-state index < -0.39 is 18.3 Å². The van der Waals surface area contributed by atoms with Crippen LogP contribution in [-0.2, 0) is 0 Å². The molecule has 0 aromatic heterocycles. The molecule has 2 heterocycles. The van der Waals surface area contributed by atoms with Gasteiger partial charge in [0.15, 0.2) is 0 Å². The Labute approximate surface area is 96.9 Å². The average molecular weight is 232 g/mol. The summed E-state index contributed by atoms with van der Waals surface area (Å²) in [6, 6.07) is -0.140. The quantitative estimate of drug-likeness (QED) is 0.363. The lowest BCUT2D eigenvalue weighted by atomic mass is 9.98. The molecule has 16 heavy (non-hydrogen) atoms. The van der Waals surface area contributed by atoms with Gasteiger partial charge in [-0.1, -0.05) is 6.42 Å². The molecule has 0 saturated carbocycles. The van der Waals surface area contributed by atoms with Crippen molar-refractivity contribution < 1.29 is 15.3 Å². The van der Waals surface area contributed by atoms with Crippen LogP contribution < -0.4 is 10.6 Å². The van der Waals surface area contributed by atoms with E-state index in [1.165, 1.54) is 32.4 Å². The number of aliphatic hydroxyl groups excluding tert-OH is 3. The molecule has 96 valence electrons. The third-order valence-electron chi connectivity index (χ3n) is 3.11. The molecule has 2 aliphatic rings. The lowest BCUT2D eigenvalue weighted by Crippen LogP contribution is -2.58. The maximum Gasteiger partial charge on any atom is 0.108 e. The van der Waals surface area contributed by atoms with Crippen molar-refractivity contribution in [2.45, 2.75) is 50.5 Å². The summed E-state index contributed by atoms with van der Waals surface area (Å²) < 4.78 is 0. The van der Waals surface area contributed by atoms with Crippen LogP contribution in [0.3, 0.4) is 0 Å². The number of hydrogen-bond donors (Lipinski definition) is 5. The van der Waals surface area contributed by atoms with Gasteiger partial charge in [-0.3, -0.25) is 0 Å². The number of piperidine rings is 2. The van der Waals surface area contributed by atoms with Crippen molar-refractivity contribution in [3.63, 3.8) is 0 Å². The van der Waals surface area contributed by atoms with Crippen LogP contribution in [-0.4, -0.2) is 59.3 Å². The first-order valence-corrected chi connectivity index (χ1v) is 6.11. The zero-order valence-corrected chi connectivity index (χ0v) is 9.89. The van der Waals surface area contributed by atoms with E-state index >= 15 is 0 Å². The minimum absolute atomic E-state index is 0.140. The summed E-state index contributed by atoms with van der Waals surface area (Å²) in [4.78, 5) is 0. The lowest BCUT2D eigenvalue weighted by molar-refractivity contribution is -0.0910.